The maximum absolute atomic E-state index is 14.9. The molecule has 4 aromatic rings. The quantitative estimate of drug-likeness (QED) is 0.475. The maximum Gasteiger partial charge on any atom is 0.132 e. The Morgan fingerprint density at radius 1 is 0.818 bits per heavy atom. The maximum atomic E-state index is 14.9. The van der Waals surface area contributed by atoms with Crippen LogP contribution in [0, 0.1) is 5.82 Å². The van der Waals surface area contributed by atoms with Crippen LogP contribution in [-0.2, 0) is 6.54 Å². The highest BCUT2D eigenvalue weighted by atomic mass is 19.1. The molecule has 1 N–H and O–H groups in total. The largest absolute Gasteiger partial charge is 0.304 e. The average Bonchev–Trinajstić information content (AvgIpc) is 3.28. The van der Waals surface area contributed by atoms with Gasteiger partial charge in [-0.25, -0.2) is 14.1 Å². The molecule has 0 radical (unpaired) electrons. The normalized spacial score (nSPS) is 15.1. The highest BCUT2D eigenvalue weighted by molar-refractivity contribution is 5.68. The van der Waals surface area contributed by atoms with Crippen LogP contribution in [0.5, 0.6) is 0 Å². The van der Waals surface area contributed by atoms with Gasteiger partial charge in [-0.3, -0.25) is 5.43 Å². The van der Waals surface area contributed by atoms with Gasteiger partial charge in [0.15, 0.2) is 0 Å². The molecule has 1 aliphatic heterocycles. The fourth-order valence-corrected chi connectivity index (χ4v) is 4.24. The Morgan fingerprint density at radius 3 is 2.21 bits per heavy atom. The van der Waals surface area contributed by atoms with E-state index in [4.69, 9.17) is 0 Å². The van der Waals surface area contributed by atoms with E-state index >= 15 is 0 Å². The van der Waals surface area contributed by atoms with Crippen molar-refractivity contribution in [3.05, 3.63) is 96.4 Å². The van der Waals surface area contributed by atoms with Gasteiger partial charge in [0.2, 0.25) is 0 Å². The number of hydrogen-bond acceptors (Lipinski definition) is 4. The van der Waals surface area contributed by atoms with Crippen molar-refractivity contribution in [1.82, 2.24) is 25.1 Å². The molecule has 2 heterocycles. The van der Waals surface area contributed by atoms with Gasteiger partial charge < -0.3 is 4.90 Å². The third-order valence-electron chi connectivity index (χ3n) is 6.19. The van der Waals surface area contributed by atoms with Gasteiger partial charge in [0.25, 0.3) is 0 Å². The van der Waals surface area contributed by atoms with Crippen molar-refractivity contribution in [3.63, 3.8) is 0 Å². The fourth-order valence-electron chi connectivity index (χ4n) is 4.24. The molecule has 1 fully saturated rings. The van der Waals surface area contributed by atoms with Crippen LogP contribution in [-0.4, -0.2) is 52.9 Å². The van der Waals surface area contributed by atoms with Crippen molar-refractivity contribution in [2.45, 2.75) is 6.54 Å². The van der Waals surface area contributed by atoms with Gasteiger partial charge in [-0.15, -0.1) is 0 Å². The van der Waals surface area contributed by atoms with Crippen molar-refractivity contribution >= 4 is 0 Å². The summed E-state index contributed by atoms with van der Waals surface area (Å²) in [7, 11) is 2.14. The summed E-state index contributed by atoms with van der Waals surface area (Å²) < 4.78 is 16.7. The topological polar surface area (TPSA) is 36.3 Å². The molecule has 0 bridgehead atoms. The van der Waals surface area contributed by atoms with Crippen molar-refractivity contribution in [1.29, 1.82) is 0 Å². The number of hydrazine groups is 1. The number of aromatic nitrogens is 2. The van der Waals surface area contributed by atoms with E-state index in [2.05, 4.69) is 51.7 Å². The lowest BCUT2D eigenvalue weighted by molar-refractivity contribution is 0.102. The number of benzene rings is 3. The third-order valence-corrected chi connectivity index (χ3v) is 6.19. The van der Waals surface area contributed by atoms with Gasteiger partial charge in [-0.1, -0.05) is 54.6 Å². The second kappa shape index (κ2) is 9.67. The highest BCUT2D eigenvalue weighted by Crippen LogP contribution is 2.30. The molecule has 0 saturated carbocycles. The Kier molecular flexibility index (Phi) is 6.30. The summed E-state index contributed by atoms with van der Waals surface area (Å²) >= 11 is 0. The Balaban J connectivity index is 1.46. The number of nitrogens with one attached hydrogen (secondary N) is 1. The number of nitrogens with zero attached hydrogens (tertiary/aromatic N) is 4. The van der Waals surface area contributed by atoms with Crippen LogP contribution >= 0.6 is 0 Å². The molecule has 168 valence electrons. The lowest BCUT2D eigenvalue weighted by Gasteiger charge is -2.32. The molecular weight excluding hydrogens is 413 g/mol. The van der Waals surface area contributed by atoms with Crippen LogP contribution in [0.3, 0.4) is 0 Å². The van der Waals surface area contributed by atoms with E-state index in [1.807, 2.05) is 53.3 Å². The van der Waals surface area contributed by atoms with E-state index in [9.17, 15) is 4.39 Å². The van der Waals surface area contributed by atoms with E-state index in [1.54, 1.807) is 6.07 Å². The minimum Gasteiger partial charge on any atom is -0.304 e. The molecule has 1 aliphatic rings. The van der Waals surface area contributed by atoms with Crippen LogP contribution in [0.25, 0.3) is 28.1 Å². The average molecular weight is 442 g/mol. The Bertz CT molecular complexity index is 1190. The predicted molar refractivity (Wildman–Crippen MR) is 130 cm³/mol. The molecule has 3 aromatic carbocycles. The zero-order valence-electron chi connectivity index (χ0n) is 18.8. The minimum absolute atomic E-state index is 0.249. The second-order valence-corrected chi connectivity index (χ2v) is 8.45. The summed E-state index contributed by atoms with van der Waals surface area (Å²) in [5, 5.41) is 6.90. The first kappa shape index (κ1) is 21.5. The number of likely N-dealkylation sites (N-methyl/N-ethyl adjacent to an activating group) is 1. The summed E-state index contributed by atoms with van der Waals surface area (Å²) in [5.41, 5.74) is 9.01. The van der Waals surface area contributed by atoms with Crippen LogP contribution < -0.4 is 5.43 Å². The summed E-state index contributed by atoms with van der Waals surface area (Å²) in [6.07, 6.45) is 1.84. The highest BCUT2D eigenvalue weighted by Gasteiger charge is 2.19. The van der Waals surface area contributed by atoms with Crippen molar-refractivity contribution in [2.24, 2.45) is 0 Å². The number of hydrogen-bond donors (Lipinski definition) is 1. The van der Waals surface area contributed by atoms with Crippen LogP contribution in [0.2, 0.25) is 0 Å². The molecule has 0 amide bonds. The molecule has 1 saturated heterocycles. The fraction of sp³-hybridized carbons (Fsp3) is 0.222. The zero-order valence-corrected chi connectivity index (χ0v) is 18.8. The summed E-state index contributed by atoms with van der Waals surface area (Å²) in [6, 6.07) is 25.4. The van der Waals surface area contributed by atoms with Crippen molar-refractivity contribution < 1.29 is 4.39 Å². The summed E-state index contributed by atoms with van der Waals surface area (Å²) in [6.45, 7) is 4.57. The first-order valence-corrected chi connectivity index (χ1v) is 11.3. The SMILES string of the molecule is CN1CCN(NCc2cnn(-c3ccc(-c4ccccc4)cc3)c2-c2ccccc2F)CC1. The van der Waals surface area contributed by atoms with Gasteiger partial charge in [0, 0.05) is 43.9 Å². The van der Waals surface area contributed by atoms with E-state index < -0.39 is 0 Å². The first-order valence-electron chi connectivity index (χ1n) is 11.3. The van der Waals surface area contributed by atoms with Crippen molar-refractivity contribution in [2.75, 3.05) is 33.2 Å². The third kappa shape index (κ3) is 4.73. The molecule has 5 nitrogen and oxygen atoms in total. The summed E-state index contributed by atoms with van der Waals surface area (Å²) in [4.78, 5) is 2.32. The zero-order chi connectivity index (χ0) is 22.6. The molecule has 0 spiro atoms. The predicted octanol–water partition coefficient (Wildman–Crippen LogP) is 4.60. The van der Waals surface area contributed by atoms with E-state index in [-0.39, 0.29) is 5.82 Å². The lowest BCUT2D eigenvalue weighted by atomic mass is 10.0. The molecule has 0 unspecified atom stereocenters. The van der Waals surface area contributed by atoms with E-state index in [0.717, 1.165) is 54.3 Å². The molecule has 1 aromatic heterocycles. The molecule has 5 rings (SSSR count). The second-order valence-electron chi connectivity index (χ2n) is 8.45. The number of halogens is 1. The standard InChI is InChI=1S/C27H28FN5/c1-31-15-17-32(18-16-31)29-19-23-20-30-33(27(23)25-9-5-6-10-26(25)28)24-13-11-22(12-14-24)21-7-3-2-4-8-21/h2-14,20,29H,15-19H2,1H3. The molecule has 33 heavy (non-hydrogen) atoms. The lowest BCUT2D eigenvalue weighted by Crippen LogP contribution is -2.50. The Hall–Kier alpha value is -3.32. The summed E-state index contributed by atoms with van der Waals surface area (Å²) in [5.74, 6) is -0.249. The van der Waals surface area contributed by atoms with Gasteiger partial charge in [0.05, 0.1) is 17.6 Å². The van der Waals surface area contributed by atoms with Crippen LogP contribution in [0.4, 0.5) is 4.39 Å². The van der Waals surface area contributed by atoms with E-state index in [0.29, 0.717) is 12.1 Å². The van der Waals surface area contributed by atoms with Crippen molar-refractivity contribution in [3.8, 4) is 28.1 Å². The monoisotopic (exact) mass is 441 g/mol. The molecule has 6 heteroatoms. The van der Waals surface area contributed by atoms with Crippen LogP contribution in [0.1, 0.15) is 5.56 Å². The molecular formula is C27H28FN5. The molecule has 0 aliphatic carbocycles. The molecule has 0 atom stereocenters. The van der Waals surface area contributed by atoms with Gasteiger partial charge in [-0.05, 0) is 42.4 Å². The smallest absolute Gasteiger partial charge is 0.132 e. The van der Waals surface area contributed by atoms with Gasteiger partial charge in [-0.2, -0.15) is 5.10 Å². The van der Waals surface area contributed by atoms with Gasteiger partial charge in [0.1, 0.15) is 5.82 Å². The first-order chi connectivity index (χ1) is 16.2. The van der Waals surface area contributed by atoms with Crippen LogP contribution in [0.15, 0.2) is 85.1 Å². The Morgan fingerprint density at radius 2 is 1.48 bits per heavy atom. The number of rotatable bonds is 6. The minimum atomic E-state index is -0.249. The Labute approximate surface area is 194 Å². The number of piperazine rings is 1. The van der Waals surface area contributed by atoms with E-state index in [1.165, 1.54) is 6.07 Å². The van der Waals surface area contributed by atoms with Gasteiger partial charge >= 0.3 is 0 Å².